The lowest BCUT2D eigenvalue weighted by Crippen LogP contribution is -2.76. The van der Waals surface area contributed by atoms with Crippen molar-refractivity contribution in [1.82, 2.24) is 25.1 Å². The molecule has 2 atom stereocenters. The standard InChI is InChI=1S/C31H35FN6O4/c1-34(2)26-16-24(32)12-11-23(26)18-36-19-28-37(27(30(36)41)15-21-9-13-25(39)14-10-21)29(40)20-35(3)38(28)31(42)33-17-22-7-5-4-6-8-22/h4-14,16,27-28,39H,15,17-20H2,1-3H3,(H,33,42)/t27-,28?/m0/s1. The largest absolute Gasteiger partial charge is 0.508 e. The fraction of sp³-hybridized carbons (Fsp3) is 0.323. The van der Waals surface area contributed by atoms with Crippen LogP contribution in [0.2, 0.25) is 0 Å². The number of phenolic OH excluding ortho intramolecular Hbond substituents is 1. The summed E-state index contributed by atoms with van der Waals surface area (Å²) in [4.78, 5) is 46.1. The maximum atomic E-state index is 14.1. The van der Waals surface area contributed by atoms with Crippen LogP contribution in [0.4, 0.5) is 14.9 Å². The van der Waals surface area contributed by atoms with Crippen molar-refractivity contribution >= 4 is 23.5 Å². The van der Waals surface area contributed by atoms with Gasteiger partial charge in [0.25, 0.3) is 0 Å². The van der Waals surface area contributed by atoms with E-state index in [0.29, 0.717) is 12.2 Å². The highest BCUT2D eigenvalue weighted by Gasteiger charge is 2.50. The second-order valence-electron chi connectivity index (χ2n) is 10.9. The summed E-state index contributed by atoms with van der Waals surface area (Å²) < 4.78 is 14.1. The number of carbonyl (C=O) groups excluding carboxylic acids is 3. The molecule has 0 saturated carbocycles. The predicted molar refractivity (Wildman–Crippen MR) is 156 cm³/mol. The second kappa shape index (κ2) is 12.1. The van der Waals surface area contributed by atoms with Gasteiger partial charge >= 0.3 is 6.03 Å². The quantitative estimate of drug-likeness (QED) is 0.451. The highest BCUT2D eigenvalue weighted by atomic mass is 19.1. The SMILES string of the molecule is CN(C)c1cc(F)ccc1CN1CC2N(C(=O)CN(C)N2C(=O)NCc2ccccc2)[C@@H](Cc2ccc(O)cc2)C1=O. The van der Waals surface area contributed by atoms with Gasteiger partial charge in [-0.3, -0.25) is 9.59 Å². The first-order valence-corrected chi connectivity index (χ1v) is 13.8. The molecule has 220 valence electrons. The van der Waals surface area contributed by atoms with Crippen molar-refractivity contribution in [1.29, 1.82) is 0 Å². The third kappa shape index (κ3) is 6.01. The van der Waals surface area contributed by atoms with Crippen molar-refractivity contribution in [3.05, 3.63) is 95.3 Å². The van der Waals surface area contributed by atoms with E-state index in [1.165, 1.54) is 34.2 Å². The number of benzene rings is 3. The van der Waals surface area contributed by atoms with Gasteiger partial charge in [-0.15, -0.1) is 0 Å². The number of halogens is 1. The molecule has 3 aromatic carbocycles. The summed E-state index contributed by atoms with van der Waals surface area (Å²) in [6.07, 6.45) is -0.569. The third-order valence-electron chi connectivity index (χ3n) is 7.69. The van der Waals surface area contributed by atoms with E-state index >= 15 is 0 Å². The number of piperazine rings is 1. The Morgan fingerprint density at radius 2 is 1.74 bits per heavy atom. The van der Waals surface area contributed by atoms with Gasteiger partial charge in [-0.25, -0.2) is 19.2 Å². The molecule has 1 unspecified atom stereocenters. The van der Waals surface area contributed by atoms with E-state index in [1.54, 1.807) is 54.2 Å². The minimum absolute atomic E-state index is 0.0721. The number of amides is 4. The maximum Gasteiger partial charge on any atom is 0.334 e. The predicted octanol–water partition coefficient (Wildman–Crippen LogP) is 2.78. The molecular weight excluding hydrogens is 539 g/mol. The first-order chi connectivity index (χ1) is 20.1. The molecule has 0 spiro atoms. The van der Waals surface area contributed by atoms with Gasteiger partial charge in [0.15, 0.2) is 0 Å². The molecule has 2 aliphatic rings. The number of hydrogen-bond donors (Lipinski definition) is 2. The van der Waals surface area contributed by atoms with E-state index in [0.717, 1.165) is 16.7 Å². The van der Waals surface area contributed by atoms with Crippen LogP contribution >= 0.6 is 0 Å². The lowest BCUT2D eigenvalue weighted by atomic mass is 9.98. The molecule has 2 fully saturated rings. The Labute approximate surface area is 244 Å². The molecule has 0 aliphatic carbocycles. The monoisotopic (exact) mass is 574 g/mol. The van der Waals surface area contributed by atoms with Crippen LogP contribution in [-0.4, -0.2) is 89.2 Å². The fourth-order valence-electron chi connectivity index (χ4n) is 5.65. The van der Waals surface area contributed by atoms with Crippen LogP contribution < -0.4 is 10.2 Å². The first-order valence-electron chi connectivity index (χ1n) is 13.8. The summed E-state index contributed by atoms with van der Waals surface area (Å²) in [6, 6.07) is 19.2. The third-order valence-corrected chi connectivity index (χ3v) is 7.69. The van der Waals surface area contributed by atoms with Gasteiger partial charge in [-0.2, -0.15) is 0 Å². The van der Waals surface area contributed by atoms with Gasteiger partial charge in [0, 0.05) is 46.3 Å². The van der Waals surface area contributed by atoms with Crippen molar-refractivity contribution in [2.24, 2.45) is 0 Å². The number of hydrogen-bond acceptors (Lipinski definition) is 6. The molecule has 10 nitrogen and oxygen atoms in total. The smallest absolute Gasteiger partial charge is 0.334 e. The zero-order valence-electron chi connectivity index (χ0n) is 23.9. The van der Waals surface area contributed by atoms with Crippen molar-refractivity contribution in [2.75, 3.05) is 39.1 Å². The molecule has 0 bridgehead atoms. The van der Waals surface area contributed by atoms with Gasteiger partial charge in [0.1, 0.15) is 23.8 Å². The van der Waals surface area contributed by atoms with Crippen molar-refractivity contribution in [2.45, 2.75) is 31.7 Å². The van der Waals surface area contributed by atoms with E-state index in [9.17, 15) is 23.9 Å². The van der Waals surface area contributed by atoms with Gasteiger partial charge in [0.2, 0.25) is 11.8 Å². The van der Waals surface area contributed by atoms with Crippen molar-refractivity contribution in [3.63, 3.8) is 0 Å². The number of phenols is 1. The Bertz CT molecular complexity index is 1450. The van der Waals surface area contributed by atoms with E-state index in [2.05, 4.69) is 5.32 Å². The fourth-order valence-corrected chi connectivity index (χ4v) is 5.65. The average Bonchev–Trinajstić information content (AvgIpc) is 2.96. The molecule has 2 aliphatic heterocycles. The van der Waals surface area contributed by atoms with Crippen molar-refractivity contribution in [3.8, 4) is 5.75 Å². The Balaban J connectivity index is 1.49. The molecule has 2 heterocycles. The van der Waals surface area contributed by atoms with Gasteiger partial charge in [0.05, 0.1) is 13.1 Å². The molecular formula is C31H35FN6O4. The first kappa shape index (κ1) is 28.9. The van der Waals surface area contributed by atoms with Crippen LogP contribution in [0.5, 0.6) is 5.75 Å². The number of aromatic hydroxyl groups is 1. The van der Waals surface area contributed by atoms with Gasteiger partial charge in [-0.05, 0) is 41.0 Å². The molecule has 2 saturated heterocycles. The van der Waals surface area contributed by atoms with E-state index in [4.69, 9.17) is 0 Å². The highest BCUT2D eigenvalue weighted by Crippen LogP contribution is 2.30. The number of nitrogens with zero attached hydrogens (tertiary/aromatic N) is 5. The maximum absolute atomic E-state index is 14.1. The lowest BCUT2D eigenvalue weighted by molar-refractivity contribution is -0.187. The van der Waals surface area contributed by atoms with Crippen LogP contribution in [0.25, 0.3) is 0 Å². The van der Waals surface area contributed by atoms with Crippen LogP contribution in [0.15, 0.2) is 72.8 Å². The number of nitrogens with one attached hydrogen (secondary N) is 1. The molecule has 0 radical (unpaired) electrons. The van der Waals surface area contributed by atoms with Gasteiger partial charge < -0.3 is 25.1 Å². The number of rotatable bonds is 7. The molecule has 11 heteroatoms. The number of hydrazine groups is 1. The number of anilines is 1. The van der Waals surface area contributed by atoms with E-state index in [1.807, 2.05) is 30.3 Å². The molecule has 0 aromatic heterocycles. The second-order valence-corrected chi connectivity index (χ2v) is 10.9. The Kier molecular flexibility index (Phi) is 8.30. The number of carbonyl (C=O) groups is 3. The number of urea groups is 1. The summed E-state index contributed by atoms with van der Waals surface area (Å²) in [5.74, 6) is -0.819. The van der Waals surface area contributed by atoms with Crippen LogP contribution in [0.1, 0.15) is 16.7 Å². The lowest BCUT2D eigenvalue weighted by Gasteiger charge is -2.54. The summed E-state index contributed by atoms with van der Waals surface area (Å²) >= 11 is 0. The summed E-state index contributed by atoms with van der Waals surface area (Å²) in [5.41, 5.74) is 3.06. The van der Waals surface area contributed by atoms with Crippen LogP contribution in [0.3, 0.4) is 0 Å². The minimum Gasteiger partial charge on any atom is -0.508 e. The molecule has 2 N–H and O–H groups in total. The topological polar surface area (TPSA) is 99.7 Å². The number of fused-ring (bicyclic) bond motifs is 1. The summed E-state index contributed by atoms with van der Waals surface area (Å²) in [6.45, 7) is 0.466. The molecule has 5 rings (SSSR count). The van der Waals surface area contributed by atoms with E-state index in [-0.39, 0.29) is 49.4 Å². The van der Waals surface area contributed by atoms with Crippen LogP contribution in [-0.2, 0) is 29.1 Å². The Morgan fingerprint density at radius 3 is 2.43 bits per heavy atom. The molecule has 3 aromatic rings. The van der Waals surface area contributed by atoms with Crippen LogP contribution in [0, 0.1) is 5.82 Å². The normalized spacial score (nSPS) is 19.1. The zero-order valence-corrected chi connectivity index (χ0v) is 23.9. The average molecular weight is 575 g/mol. The Hall–Kier alpha value is -4.64. The summed E-state index contributed by atoms with van der Waals surface area (Å²) in [5, 5.41) is 15.8. The summed E-state index contributed by atoms with van der Waals surface area (Å²) in [7, 11) is 5.29. The Morgan fingerprint density at radius 1 is 1.02 bits per heavy atom. The molecule has 4 amide bonds. The zero-order chi connectivity index (χ0) is 30.0. The van der Waals surface area contributed by atoms with E-state index < -0.39 is 18.2 Å². The minimum atomic E-state index is -0.887. The highest BCUT2D eigenvalue weighted by molar-refractivity contribution is 5.91. The molecule has 42 heavy (non-hydrogen) atoms. The number of likely N-dealkylation sites (N-methyl/N-ethyl adjacent to an activating group) is 1. The van der Waals surface area contributed by atoms with Gasteiger partial charge in [-0.1, -0.05) is 48.5 Å². The van der Waals surface area contributed by atoms with Crippen molar-refractivity contribution < 1.29 is 23.9 Å².